The van der Waals surface area contributed by atoms with Gasteiger partial charge in [-0.2, -0.15) is 0 Å². The lowest BCUT2D eigenvalue weighted by molar-refractivity contribution is 0.0691. The van der Waals surface area contributed by atoms with Crippen molar-refractivity contribution in [1.29, 1.82) is 0 Å². The van der Waals surface area contributed by atoms with Gasteiger partial charge in [0.1, 0.15) is 11.5 Å². The van der Waals surface area contributed by atoms with E-state index in [1.807, 2.05) is 0 Å². The highest BCUT2D eigenvalue weighted by Crippen LogP contribution is 2.25. The number of aromatic nitrogens is 2. The zero-order valence-corrected chi connectivity index (χ0v) is 9.20. The largest absolute Gasteiger partial charge is 0.477 e. The maximum Gasteiger partial charge on any atom is 0.352 e. The van der Waals surface area contributed by atoms with Gasteiger partial charge in [0, 0.05) is 5.39 Å². The first kappa shape index (κ1) is 10.6. The fourth-order valence-electron chi connectivity index (χ4n) is 1.94. The predicted molar refractivity (Wildman–Crippen MR) is 65.0 cm³/mol. The summed E-state index contributed by atoms with van der Waals surface area (Å²) in [6.07, 6.45) is 0. The van der Waals surface area contributed by atoms with Crippen LogP contribution >= 0.6 is 0 Å². The molecule has 0 aliphatic rings. The lowest BCUT2D eigenvalue weighted by Gasteiger charge is -1.92. The number of carbonyl (C=O) groups is 1. The van der Waals surface area contributed by atoms with Gasteiger partial charge < -0.3 is 15.1 Å². The van der Waals surface area contributed by atoms with Crippen molar-refractivity contribution in [2.24, 2.45) is 0 Å². The van der Waals surface area contributed by atoms with E-state index in [9.17, 15) is 9.18 Å². The first-order valence-corrected chi connectivity index (χ1v) is 5.35. The third-order valence-corrected chi connectivity index (χ3v) is 2.81. The molecule has 0 aliphatic carbocycles. The number of nitrogens with one attached hydrogen (secondary N) is 2. The van der Waals surface area contributed by atoms with Crippen molar-refractivity contribution < 1.29 is 14.3 Å². The fraction of sp³-hybridized carbons (Fsp3) is 0. The number of aromatic carboxylic acids is 1. The van der Waals surface area contributed by atoms with Gasteiger partial charge in [-0.25, -0.2) is 9.18 Å². The second kappa shape index (κ2) is 3.73. The third-order valence-electron chi connectivity index (χ3n) is 2.81. The molecular formula is C13H9FN2O2. The van der Waals surface area contributed by atoms with E-state index in [0.717, 1.165) is 5.39 Å². The van der Waals surface area contributed by atoms with Crippen LogP contribution in [0.5, 0.6) is 0 Å². The van der Waals surface area contributed by atoms with Crippen molar-refractivity contribution in [2.45, 2.75) is 0 Å². The highest BCUT2D eigenvalue weighted by atomic mass is 19.1. The molecule has 4 nitrogen and oxygen atoms in total. The monoisotopic (exact) mass is 244 g/mol. The number of hydrogen-bond acceptors (Lipinski definition) is 1. The van der Waals surface area contributed by atoms with E-state index >= 15 is 0 Å². The van der Waals surface area contributed by atoms with Gasteiger partial charge in [0.05, 0.1) is 16.9 Å². The standard InChI is InChI=1S/C13H9FN2O2/c14-8-3-1-2-7-6-11(16-12(7)8)9-4-5-10(15-9)13(17)18/h1-6,15-16H,(H,17,18). The Morgan fingerprint density at radius 2 is 1.94 bits per heavy atom. The topological polar surface area (TPSA) is 68.9 Å². The molecule has 0 bridgehead atoms. The second-order valence-electron chi connectivity index (χ2n) is 3.98. The van der Waals surface area contributed by atoms with Crippen molar-refractivity contribution in [3.8, 4) is 11.4 Å². The van der Waals surface area contributed by atoms with Crippen LogP contribution in [-0.2, 0) is 0 Å². The van der Waals surface area contributed by atoms with Crippen molar-refractivity contribution in [3.05, 3.63) is 47.9 Å². The van der Waals surface area contributed by atoms with E-state index in [1.54, 1.807) is 24.3 Å². The van der Waals surface area contributed by atoms with Gasteiger partial charge in [-0.3, -0.25) is 0 Å². The van der Waals surface area contributed by atoms with E-state index in [2.05, 4.69) is 9.97 Å². The molecule has 3 aromatic rings. The van der Waals surface area contributed by atoms with E-state index in [4.69, 9.17) is 5.11 Å². The summed E-state index contributed by atoms with van der Waals surface area (Å²) in [4.78, 5) is 16.5. The normalized spacial score (nSPS) is 10.9. The SMILES string of the molecule is O=C(O)c1ccc(-c2cc3cccc(F)c3[nH]2)[nH]1. The molecule has 3 rings (SSSR count). The maximum atomic E-state index is 13.5. The summed E-state index contributed by atoms with van der Waals surface area (Å²) in [5.41, 5.74) is 1.79. The smallest absolute Gasteiger partial charge is 0.352 e. The van der Waals surface area contributed by atoms with Crippen molar-refractivity contribution in [2.75, 3.05) is 0 Å². The summed E-state index contributed by atoms with van der Waals surface area (Å²) in [5, 5.41) is 9.57. The second-order valence-corrected chi connectivity index (χ2v) is 3.98. The Bertz CT molecular complexity index is 742. The number of benzene rings is 1. The average Bonchev–Trinajstić information content (AvgIpc) is 2.95. The van der Waals surface area contributed by atoms with E-state index < -0.39 is 5.97 Å². The van der Waals surface area contributed by atoms with Crippen LogP contribution in [-0.4, -0.2) is 21.0 Å². The van der Waals surface area contributed by atoms with Crippen molar-refractivity contribution in [1.82, 2.24) is 9.97 Å². The highest BCUT2D eigenvalue weighted by molar-refractivity contribution is 5.89. The Hall–Kier alpha value is -2.56. The van der Waals surface area contributed by atoms with Gasteiger partial charge in [-0.15, -0.1) is 0 Å². The molecule has 0 amide bonds. The lowest BCUT2D eigenvalue weighted by atomic mass is 10.2. The number of aromatic amines is 2. The zero-order valence-electron chi connectivity index (χ0n) is 9.20. The molecule has 0 atom stereocenters. The molecule has 0 unspecified atom stereocenters. The van der Waals surface area contributed by atoms with Crippen LogP contribution in [0.4, 0.5) is 4.39 Å². The predicted octanol–water partition coefficient (Wildman–Crippen LogP) is 3.00. The Labute approximate surface area is 101 Å². The number of hydrogen-bond donors (Lipinski definition) is 3. The molecule has 0 radical (unpaired) electrons. The molecule has 0 spiro atoms. The van der Waals surface area contributed by atoms with Gasteiger partial charge in [-0.05, 0) is 24.3 Å². The molecule has 0 saturated carbocycles. The summed E-state index contributed by atoms with van der Waals surface area (Å²) >= 11 is 0. The number of fused-ring (bicyclic) bond motifs is 1. The van der Waals surface area contributed by atoms with Gasteiger partial charge in [0.2, 0.25) is 0 Å². The van der Waals surface area contributed by atoms with Gasteiger partial charge in [-0.1, -0.05) is 12.1 Å². The van der Waals surface area contributed by atoms with Crippen molar-refractivity contribution in [3.63, 3.8) is 0 Å². The van der Waals surface area contributed by atoms with Crippen LogP contribution in [0.15, 0.2) is 36.4 Å². The number of carboxylic acid groups (broad SMARTS) is 1. The summed E-state index contributed by atoms with van der Waals surface area (Å²) in [7, 11) is 0. The molecule has 90 valence electrons. The quantitative estimate of drug-likeness (QED) is 0.648. The molecule has 1 aromatic carbocycles. The molecule has 2 heterocycles. The minimum absolute atomic E-state index is 0.101. The number of halogens is 1. The zero-order chi connectivity index (χ0) is 12.7. The number of carboxylic acids is 1. The Morgan fingerprint density at radius 1 is 1.11 bits per heavy atom. The van der Waals surface area contributed by atoms with Crippen LogP contribution in [0.1, 0.15) is 10.5 Å². The van der Waals surface area contributed by atoms with Crippen LogP contribution in [0, 0.1) is 5.82 Å². The fourth-order valence-corrected chi connectivity index (χ4v) is 1.94. The van der Waals surface area contributed by atoms with Gasteiger partial charge in [0.25, 0.3) is 0 Å². The molecule has 0 fully saturated rings. The van der Waals surface area contributed by atoms with Crippen LogP contribution in [0.3, 0.4) is 0 Å². The number of H-pyrrole nitrogens is 2. The van der Waals surface area contributed by atoms with E-state index in [0.29, 0.717) is 16.9 Å². The van der Waals surface area contributed by atoms with Crippen LogP contribution in [0.25, 0.3) is 22.3 Å². The minimum Gasteiger partial charge on any atom is -0.477 e. The van der Waals surface area contributed by atoms with E-state index in [-0.39, 0.29) is 11.5 Å². The summed E-state index contributed by atoms with van der Waals surface area (Å²) in [5.74, 6) is -1.35. The highest BCUT2D eigenvalue weighted by Gasteiger charge is 2.10. The summed E-state index contributed by atoms with van der Waals surface area (Å²) < 4.78 is 13.5. The molecule has 2 aromatic heterocycles. The Balaban J connectivity index is 2.13. The van der Waals surface area contributed by atoms with Crippen molar-refractivity contribution >= 4 is 16.9 Å². The molecular weight excluding hydrogens is 235 g/mol. The first-order chi connectivity index (χ1) is 8.65. The molecule has 3 N–H and O–H groups in total. The number of rotatable bonds is 2. The number of para-hydroxylation sites is 1. The summed E-state index contributed by atoms with van der Waals surface area (Å²) in [6.45, 7) is 0. The van der Waals surface area contributed by atoms with Gasteiger partial charge in [0.15, 0.2) is 0 Å². The Kier molecular flexibility index (Phi) is 2.19. The minimum atomic E-state index is -1.02. The lowest BCUT2D eigenvalue weighted by Crippen LogP contribution is -1.95. The molecule has 18 heavy (non-hydrogen) atoms. The van der Waals surface area contributed by atoms with Crippen LogP contribution < -0.4 is 0 Å². The molecule has 0 saturated heterocycles. The van der Waals surface area contributed by atoms with Crippen LogP contribution in [0.2, 0.25) is 0 Å². The maximum absolute atomic E-state index is 13.5. The molecule has 0 aliphatic heterocycles. The van der Waals surface area contributed by atoms with Gasteiger partial charge >= 0.3 is 5.97 Å². The van der Waals surface area contributed by atoms with E-state index in [1.165, 1.54) is 12.1 Å². The first-order valence-electron chi connectivity index (χ1n) is 5.35. The molecule has 5 heteroatoms. The summed E-state index contributed by atoms with van der Waals surface area (Å²) in [6, 6.07) is 9.69. The Morgan fingerprint density at radius 3 is 2.61 bits per heavy atom. The third kappa shape index (κ3) is 1.57. The average molecular weight is 244 g/mol.